The van der Waals surface area contributed by atoms with Gasteiger partial charge in [0.2, 0.25) is 0 Å². The molecule has 0 aliphatic heterocycles. The fraction of sp³-hybridized carbons (Fsp3) is 0.263. The third kappa shape index (κ3) is 4.40. The number of anilines is 1. The molecule has 0 radical (unpaired) electrons. The van der Waals surface area contributed by atoms with Crippen molar-refractivity contribution < 1.29 is 14.6 Å². The summed E-state index contributed by atoms with van der Waals surface area (Å²) >= 11 is 4.82. The first-order chi connectivity index (χ1) is 12.8. The highest BCUT2D eigenvalue weighted by Crippen LogP contribution is 2.33. The Hall–Kier alpha value is -2.16. The summed E-state index contributed by atoms with van der Waals surface area (Å²) in [5.41, 5.74) is 6.65. The predicted octanol–water partition coefficient (Wildman–Crippen LogP) is 3.72. The normalized spacial score (nSPS) is 11.6. The molecule has 1 amide bonds. The fourth-order valence-electron chi connectivity index (χ4n) is 2.50. The Kier molecular flexibility index (Phi) is 5.69. The number of fused-ring (bicyclic) bond motifs is 1. The SMILES string of the molecule is CC(C)(CO)NC(=O)c1cnc(N)c2c(COc3ccc(Br)cc3)csc12. The van der Waals surface area contributed by atoms with Crippen LogP contribution in [-0.4, -0.2) is 28.1 Å². The lowest BCUT2D eigenvalue weighted by atomic mass is 10.1. The van der Waals surface area contributed by atoms with E-state index < -0.39 is 5.54 Å². The molecule has 0 atom stereocenters. The summed E-state index contributed by atoms with van der Waals surface area (Å²) in [4.78, 5) is 16.8. The van der Waals surface area contributed by atoms with Gasteiger partial charge in [0.1, 0.15) is 18.2 Å². The van der Waals surface area contributed by atoms with Crippen molar-refractivity contribution in [1.29, 1.82) is 0 Å². The van der Waals surface area contributed by atoms with E-state index in [-0.39, 0.29) is 12.5 Å². The van der Waals surface area contributed by atoms with Crippen LogP contribution in [0.3, 0.4) is 0 Å². The van der Waals surface area contributed by atoms with Crippen molar-refractivity contribution in [1.82, 2.24) is 10.3 Å². The summed E-state index contributed by atoms with van der Waals surface area (Å²) in [7, 11) is 0. The molecule has 0 bridgehead atoms. The van der Waals surface area contributed by atoms with Crippen molar-refractivity contribution >= 4 is 49.1 Å². The van der Waals surface area contributed by atoms with Gasteiger partial charge >= 0.3 is 0 Å². The van der Waals surface area contributed by atoms with Gasteiger partial charge in [-0.25, -0.2) is 4.98 Å². The highest BCUT2D eigenvalue weighted by Gasteiger charge is 2.23. The summed E-state index contributed by atoms with van der Waals surface area (Å²) in [6.45, 7) is 3.65. The van der Waals surface area contributed by atoms with E-state index in [9.17, 15) is 9.90 Å². The third-order valence-electron chi connectivity index (χ3n) is 4.00. The molecule has 142 valence electrons. The van der Waals surface area contributed by atoms with Crippen molar-refractivity contribution in [2.75, 3.05) is 12.3 Å². The number of nitrogens with zero attached hydrogens (tertiary/aromatic N) is 1. The van der Waals surface area contributed by atoms with Gasteiger partial charge in [-0.1, -0.05) is 15.9 Å². The number of aliphatic hydroxyl groups is 1. The molecule has 1 aromatic carbocycles. The zero-order valence-electron chi connectivity index (χ0n) is 15.0. The minimum atomic E-state index is -0.727. The Morgan fingerprint density at radius 2 is 2.07 bits per heavy atom. The monoisotopic (exact) mass is 449 g/mol. The van der Waals surface area contributed by atoms with Crippen molar-refractivity contribution in [2.45, 2.75) is 26.0 Å². The number of amides is 1. The van der Waals surface area contributed by atoms with E-state index in [0.29, 0.717) is 18.0 Å². The maximum atomic E-state index is 12.6. The molecule has 6 nitrogen and oxygen atoms in total. The average molecular weight is 450 g/mol. The molecule has 3 aromatic rings. The van der Waals surface area contributed by atoms with E-state index in [1.54, 1.807) is 13.8 Å². The van der Waals surface area contributed by atoms with Crippen LogP contribution in [0, 0.1) is 0 Å². The number of pyridine rings is 1. The van der Waals surface area contributed by atoms with Crippen LogP contribution < -0.4 is 15.8 Å². The number of nitrogens with two attached hydrogens (primary N) is 1. The Labute approximate surface area is 169 Å². The maximum absolute atomic E-state index is 12.6. The predicted molar refractivity (Wildman–Crippen MR) is 111 cm³/mol. The van der Waals surface area contributed by atoms with Crippen LogP contribution in [0.1, 0.15) is 29.8 Å². The van der Waals surface area contributed by atoms with Gasteiger partial charge < -0.3 is 20.9 Å². The number of benzene rings is 1. The number of rotatable bonds is 6. The number of ether oxygens (including phenoxy) is 1. The molecule has 0 spiro atoms. The zero-order valence-corrected chi connectivity index (χ0v) is 17.4. The van der Waals surface area contributed by atoms with Gasteiger partial charge in [0.15, 0.2) is 0 Å². The second-order valence-corrected chi connectivity index (χ2v) is 8.56. The van der Waals surface area contributed by atoms with E-state index in [1.165, 1.54) is 17.5 Å². The molecule has 8 heteroatoms. The first-order valence-electron chi connectivity index (χ1n) is 8.27. The number of hydrogen-bond acceptors (Lipinski definition) is 6. The molecule has 27 heavy (non-hydrogen) atoms. The number of aliphatic hydroxyl groups excluding tert-OH is 1. The van der Waals surface area contributed by atoms with Crippen LogP contribution in [-0.2, 0) is 6.61 Å². The number of halogens is 1. The molecule has 0 aliphatic rings. The highest BCUT2D eigenvalue weighted by molar-refractivity contribution is 9.10. The number of nitrogens with one attached hydrogen (secondary N) is 1. The molecule has 0 saturated heterocycles. The molecule has 4 N–H and O–H groups in total. The number of carbonyl (C=O) groups is 1. The van der Waals surface area contributed by atoms with Crippen LogP contribution in [0.15, 0.2) is 40.3 Å². The first kappa shape index (κ1) is 19.6. The average Bonchev–Trinajstić information content (AvgIpc) is 3.06. The number of hydrogen-bond donors (Lipinski definition) is 3. The van der Waals surface area contributed by atoms with Gasteiger partial charge in [0, 0.05) is 21.6 Å². The summed E-state index contributed by atoms with van der Waals surface area (Å²) in [5.74, 6) is 0.801. The second-order valence-electron chi connectivity index (χ2n) is 6.76. The summed E-state index contributed by atoms with van der Waals surface area (Å²) in [6, 6.07) is 7.55. The van der Waals surface area contributed by atoms with Crippen molar-refractivity contribution in [3.8, 4) is 5.75 Å². The first-order valence-corrected chi connectivity index (χ1v) is 9.94. The zero-order chi connectivity index (χ0) is 19.6. The Morgan fingerprint density at radius 3 is 2.74 bits per heavy atom. The Bertz CT molecular complexity index is 970. The molecule has 3 rings (SSSR count). The second kappa shape index (κ2) is 7.84. The quantitative estimate of drug-likeness (QED) is 0.532. The molecule has 0 aliphatic carbocycles. The van der Waals surface area contributed by atoms with Crippen LogP contribution >= 0.6 is 27.3 Å². The molecular weight excluding hydrogens is 430 g/mol. The third-order valence-corrected chi connectivity index (χ3v) is 5.59. The van der Waals surface area contributed by atoms with Gasteiger partial charge in [-0.15, -0.1) is 11.3 Å². The van der Waals surface area contributed by atoms with Crippen LogP contribution in [0.2, 0.25) is 0 Å². The van der Waals surface area contributed by atoms with E-state index >= 15 is 0 Å². The van der Waals surface area contributed by atoms with Crippen LogP contribution in [0.25, 0.3) is 10.1 Å². The van der Waals surface area contributed by atoms with E-state index in [0.717, 1.165) is 25.9 Å². The molecule has 0 unspecified atom stereocenters. The van der Waals surface area contributed by atoms with Gasteiger partial charge in [-0.05, 0) is 43.5 Å². The molecular formula is C19H20BrN3O3S. The van der Waals surface area contributed by atoms with Gasteiger partial charge in [0.05, 0.1) is 22.4 Å². The number of thiophene rings is 1. The maximum Gasteiger partial charge on any atom is 0.254 e. The minimum absolute atomic E-state index is 0.166. The smallest absolute Gasteiger partial charge is 0.254 e. The van der Waals surface area contributed by atoms with Crippen molar-refractivity contribution in [3.05, 3.63) is 51.4 Å². The number of aromatic nitrogens is 1. The Balaban J connectivity index is 1.88. The summed E-state index contributed by atoms with van der Waals surface area (Å²) in [5, 5.41) is 14.8. The summed E-state index contributed by atoms with van der Waals surface area (Å²) < 4.78 is 7.57. The lowest BCUT2D eigenvalue weighted by molar-refractivity contribution is 0.0871. The topological polar surface area (TPSA) is 97.5 Å². The van der Waals surface area contributed by atoms with E-state index in [2.05, 4.69) is 26.2 Å². The summed E-state index contributed by atoms with van der Waals surface area (Å²) in [6.07, 6.45) is 1.47. The fourth-order valence-corrected chi connectivity index (χ4v) is 3.84. The van der Waals surface area contributed by atoms with E-state index in [4.69, 9.17) is 10.5 Å². The van der Waals surface area contributed by atoms with Crippen molar-refractivity contribution in [2.24, 2.45) is 0 Å². The lowest BCUT2D eigenvalue weighted by Crippen LogP contribution is -2.46. The van der Waals surface area contributed by atoms with Crippen LogP contribution in [0.4, 0.5) is 5.82 Å². The standard InChI is InChI=1S/C19H20BrN3O3S/c1-19(2,10-24)23-18(25)14-7-22-17(21)15-11(9-27-16(14)15)8-26-13-5-3-12(20)4-6-13/h3-7,9,24H,8,10H2,1-2H3,(H2,21,22)(H,23,25). The lowest BCUT2D eigenvalue weighted by Gasteiger charge is -2.23. The van der Waals surface area contributed by atoms with Gasteiger partial charge in [-0.2, -0.15) is 0 Å². The van der Waals surface area contributed by atoms with Gasteiger partial charge in [-0.3, -0.25) is 4.79 Å². The number of carbonyl (C=O) groups excluding carboxylic acids is 1. The minimum Gasteiger partial charge on any atom is -0.489 e. The molecule has 2 aromatic heterocycles. The molecule has 0 fully saturated rings. The van der Waals surface area contributed by atoms with Gasteiger partial charge in [0.25, 0.3) is 5.91 Å². The van der Waals surface area contributed by atoms with Crippen molar-refractivity contribution in [3.63, 3.8) is 0 Å². The number of nitrogen functional groups attached to an aromatic ring is 1. The highest BCUT2D eigenvalue weighted by atomic mass is 79.9. The Morgan fingerprint density at radius 1 is 1.37 bits per heavy atom. The largest absolute Gasteiger partial charge is 0.489 e. The molecule has 2 heterocycles. The van der Waals surface area contributed by atoms with E-state index in [1.807, 2.05) is 29.6 Å². The van der Waals surface area contributed by atoms with Crippen LogP contribution in [0.5, 0.6) is 5.75 Å². The molecule has 0 saturated carbocycles.